The Morgan fingerprint density at radius 1 is 1.37 bits per heavy atom. The topological polar surface area (TPSA) is 66.0 Å². The highest BCUT2D eigenvalue weighted by Crippen LogP contribution is 2.25. The number of benzene rings is 1. The first-order chi connectivity index (χ1) is 12.9. The number of carbonyl (C=O) groups is 1. The van der Waals surface area contributed by atoms with Gasteiger partial charge in [0.1, 0.15) is 6.10 Å². The highest BCUT2D eigenvalue weighted by atomic mass is 16.5. The molecule has 1 unspecified atom stereocenters. The van der Waals surface area contributed by atoms with Crippen LogP contribution in [-0.2, 0) is 9.53 Å². The molecular weight excluding hydrogens is 340 g/mol. The number of aliphatic imine (C=N–C) groups is 1. The van der Waals surface area contributed by atoms with Gasteiger partial charge in [-0.3, -0.25) is 9.79 Å². The Balaban J connectivity index is 2.03. The quantitative estimate of drug-likeness (QED) is 0.593. The number of aryl methyl sites for hydroxylation is 2. The van der Waals surface area contributed by atoms with Gasteiger partial charge in [0.05, 0.1) is 19.7 Å². The number of nitrogens with one attached hydrogen (secondary N) is 2. The van der Waals surface area contributed by atoms with Crippen molar-refractivity contribution in [3.63, 3.8) is 0 Å². The van der Waals surface area contributed by atoms with Crippen LogP contribution < -0.4 is 10.6 Å². The third-order valence-corrected chi connectivity index (χ3v) is 4.52. The number of hydrogen-bond acceptors (Lipinski definition) is 3. The summed E-state index contributed by atoms with van der Waals surface area (Å²) < 4.78 is 6.04. The van der Waals surface area contributed by atoms with E-state index in [1.54, 1.807) is 0 Å². The van der Waals surface area contributed by atoms with E-state index in [1.165, 1.54) is 16.7 Å². The third-order valence-electron chi connectivity index (χ3n) is 4.52. The fraction of sp³-hybridized carbons (Fsp3) is 0.619. The second-order valence-corrected chi connectivity index (χ2v) is 7.37. The maximum absolute atomic E-state index is 11.8. The SMILES string of the molecule is CCNC(=NCCC(=O)NC(C)C)N1CCOC(c2ccc(C)cc2C)C1. The number of ether oxygens (including phenoxy) is 1. The Labute approximate surface area is 163 Å². The summed E-state index contributed by atoms with van der Waals surface area (Å²) in [6.45, 7) is 13.7. The molecule has 27 heavy (non-hydrogen) atoms. The second kappa shape index (κ2) is 10.3. The van der Waals surface area contributed by atoms with Gasteiger partial charge in [-0.25, -0.2) is 0 Å². The largest absolute Gasteiger partial charge is 0.370 e. The van der Waals surface area contributed by atoms with Crippen LogP contribution in [0.5, 0.6) is 0 Å². The summed E-state index contributed by atoms with van der Waals surface area (Å²) in [6, 6.07) is 6.66. The number of nitrogens with zero attached hydrogens (tertiary/aromatic N) is 2. The van der Waals surface area contributed by atoms with Gasteiger partial charge in [0.15, 0.2) is 5.96 Å². The molecule has 0 aliphatic carbocycles. The van der Waals surface area contributed by atoms with Gasteiger partial charge in [-0.15, -0.1) is 0 Å². The molecule has 6 heteroatoms. The van der Waals surface area contributed by atoms with Gasteiger partial charge in [-0.1, -0.05) is 23.8 Å². The molecule has 0 bridgehead atoms. The van der Waals surface area contributed by atoms with Crippen LogP contribution in [-0.4, -0.2) is 55.6 Å². The van der Waals surface area contributed by atoms with Crippen LogP contribution >= 0.6 is 0 Å². The van der Waals surface area contributed by atoms with Gasteiger partial charge >= 0.3 is 0 Å². The van der Waals surface area contributed by atoms with Crippen LogP contribution in [0.25, 0.3) is 0 Å². The Kier molecular flexibility index (Phi) is 8.10. The lowest BCUT2D eigenvalue weighted by atomic mass is 10.00. The first-order valence-corrected chi connectivity index (χ1v) is 9.92. The standard InChI is InChI=1S/C21H34N4O2/c1-6-22-21(23-10-9-20(26)24-15(2)3)25-11-12-27-19(14-25)18-8-7-16(4)13-17(18)5/h7-8,13,15,19H,6,9-12,14H2,1-5H3,(H,22,23)(H,24,26). The normalized spacial score (nSPS) is 17.9. The average Bonchev–Trinajstić information content (AvgIpc) is 2.60. The van der Waals surface area contributed by atoms with Gasteiger partial charge in [0.2, 0.25) is 5.91 Å². The third kappa shape index (κ3) is 6.54. The van der Waals surface area contributed by atoms with Crippen molar-refractivity contribution in [3.05, 3.63) is 34.9 Å². The van der Waals surface area contributed by atoms with Crippen molar-refractivity contribution in [1.29, 1.82) is 0 Å². The number of amides is 1. The summed E-state index contributed by atoms with van der Waals surface area (Å²) in [5, 5.41) is 6.26. The first kappa shape index (κ1) is 21.2. The molecule has 0 radical (unpaired) electrons. The van der Waals surface area contributed by atoms with Crippen LogP contribution in [0, 0.1) is 13.8 Å². The molecule has 1 aromatic rings. The van der Waals surface area contributed by atoms with Crippen molar-refractivity contribution in [2.45, 2.75) is 53.2 Å². The van der Waals surface area contributed by atoms with Crippen molar-refractivity contribution < 1.29 is 9.53 Å². The summed E-state index contributed by atoms with van der Waals surface area (Å²) in [6.07, 6.45) is 0.435. The van der Waals surface area contributed by atoms with Gasteiger partial charge in [-0.2, -0.15) is 0 Å². The van der Waals surface area contributed by atoms with Crippen LogP contribution in [0.15, 0.2) is 23.2 Å². The van der Waals surface area contributed by atoms with Gasteiger partial charge < -0.3 is 20.3 Å². The van der Waals surface area contributed by atoms with Crippen molar-refractivity contribution in [1.82, 2.24) is 15.5 Å². The van der Waals surface area contributed by atoms with E-state index < -0.39 is 0 Å². The molecule has 1 saturated heterocycles. The zero-order valence-corrected chi connectivity index (χ0v) is 17.3. The summed E-state index contributed by atoms with van der Waals surface area (Å²) in [4.78, 5) is 18.7. The molecule has 150 valence electrons. The zero-order chi connectivity index (χ0) is 19.8. The summed E-state index contributed by atoms with van der Waals surface area (Å²) in [5.41, 5.74) is 3.75. The Morgan fingerprint density at radius 3 is 2.81 bits per heavy atom. The molecule has 1 heterocycles. The smallest absolute Gasteiger partial charge is 0.222 e. The molecule has 6 nitrogen and oxygen atoms in total. The maximum Gasteiger partial charge on any atom is 0.222 e. The highest BCUT2D eigenvalue weighted by Gasteiger charge is 2.25. The Hall–Kier alpha value is -2.08. The number of rotatable bonds is 6. The van der Waals surface area contributed by atoms with E-state index in [-0.39, 0.29) is 18.1 Å². The Bertz CT molecular complexity index is 658. The molecule has 0 aromatic heterocycles. The predicted octanol–water partition coefficient (Wildman–Crippen LogP) is 2.56. The summed E-state index contributed by atoms with van der Waals surface area (Å²) in [7, 11) is 0. The van der Waals surface area contributed by atoms with E-state index in [1.807, 2.05) is 13.8 Å². The van der Waals surface area contributed by atoms with Gasteiger partial charge in [-0.05, 0) is 45.7 Å². The maximum atomic E-state index is 11.8. The van der Waals surface area contributed by atoms with E-state index in [2.05, 4.69) is 59.5 Å². The van der Waals surface area contributed by atoms with Crippen molar-refractivity contribution in [2.75, 3.05) is 32.8 Å². The van der Waals surface area contributed by atoms with Crippen LogP contribution in [0.3, 0.4) is 0 Å². The lowest BCUT2D eigenvalue weighted by Gasteiger charge is -2.36. The molecular formula is C21H34N4O2. The van der Waals surface area contributed by atoms with E-state index in [0.717, 1.165) is 25.6 Å². The van der Waals surface area contributed by atoms with Gasteiger partial charge in [0.25, 0.3) is 0 Å². The van der Waals surface area contributed by atoms with Crippen LogP contribution in [0.4, 0.5) is 0 Å². The molecule has 0 spiro atoms. The van der Waals surface area contributed by atoms with E-state index in [9.17, 15) is 4.79 Å². The minimum absolute atomic E-state index is 0.0347. The zero-order valence-electron chi connectivity index (χ0n) is 17.3. The number of guanidine groups is 1. The van der Waals surface area contributed by atoms with E-state index >= 15 is 0 Å². The molecule has 1 aliphatic heterocycles. The molecule has 1 amide bonds. The number of morpholine rings is 1. The predicted molar refractivity (Wildman–Crippen MR) is 110 cm³/mol. The average molecular weight is 375 g/mol. The van der Waals surface area contributed by atoms with Crippen LogP contribution in [0.2, 0.25) is 0 Å². The summed E-state index contributed by atoms with van der Waals surface area (Å²) in [5.74, 6) is 0.896. The first-order valence-electron chi connectivity index (χ1n) is 9.92. The monoisotopic (exact) mass is 374 g/mol. The summed E-state index contributed by atoms with van der Waals surface area (Å²) >= 11 is 0. The highest BCUT2D eigenvalue weighted by molar-refractivity contribution is 5.81. The molecule has 1 fully saturated rings. The van der Waals surface area contributed by atoms with Crippen molar-refractivity contribution in [3.8, 4) is 0 Å². The molecule has 1 aromatic carbocycles. The fourth-order valence-electron chi connectivity index (χ4n) is 3.30. The fourth-order valence-corrected chi connectivity index (χ4v) is 3.30. The van der Waals surface area contributed by atoms with Gasteiger partial charge in [0, 0.05) is 25.6 Å². The Morgan fingerprint density at radius 2 is 2.15 bits per heavy atom. The van der Waals surface area contributed by atoms with E-state index in [0.29, 0.717) is 19.6 Å². The van der Waals surface area contributed by atoms with E-state index in [4.69, 9.17) is 4.74 Å². The molecule has 1 atom stereocenters. The van der Waals surface area contributed by atoms with Crippen molar-refractivity contribution in [2.24, 2.45) is 4.99 Å². The molecule has 2 rings (SSSR count). The lowest BCUT2D eigenvalue weighted by Crippen LogP contribution is -2.48. The van der Waals surface area contributed by atoms with Crippen molar-refractivity contribution >= 4 is 11.9 Å². The molecule has 0 saturated carbocycles. The van der Waals surface area contributed by atoms with Crippen LogP contribution in [0.1, 0.15) is 50.0 Å². The minimum Gasteiger partial charge on any atom is -0.370 e. The second-order valence-electron chi connectivity index (χ2n) is 7.37. The molecule has 1 aliphatic rings. The lowest BCUT2D eigenvalue weighted by molar-refractivity contribution is -0.121. The number of carbonyl (C=O) groups excluding carboxylic acids is 1. The number of hydrogen-bond donors (Lipinski definition) is 2. The molecule has 2 N–H and O–H groups in total. The minimum atomic E-state index is 0.0347.